The van der Waals surface area contributed by atoms with Crippen molar-refractivity contribution in [2.75, 3.05) is 26.2 Å². The first-order valence-electron chi connectivity index (χ1n) is 5.54. The van der Waals surface area contributed by atoms with Gasteiger partial charge in [0.05, 0.1) is 6.07 Å². The van der Waals surface area contributed by atoms with Gasteiger partial charge in [-0.05, 0) is 39.9 Å². The summed E-state index contributed by atoms with van der Waals surface area (Å²) in [6.45, 7) is 10.6. The van der Waals surface area contributed by atoms with Gasteiger partial charge >= 0.3 is 0 Å². The maximum atomic E-state index is 8.52. The number of hydrogen-bond donors (Lipinski definition) is 1. The highest BCUT2D eigenvalue weighted by Gasteiger charge is 2.07. The molecule has 0 fully saturated rings. The zero-order valence-corrected chi connectivity index (χ0v) is 9.71. The molecule has 0 spiro atoms. The van der Waals surface area contributed by atoms with E-state index in [0.29, 0.717) is 12.5 Å². The Labute approximate surface area is 88.1 Å². The molecule has 82 valence electrons. The summed E-state index contributed by atoms with van der Waals surface area (Å²) in [5.74, 6) is 0. The van der Waals surface area contributed by atoms with Crippen LogP contribution in [0.4, 0.5) is 0 Å². The molecular weight excluding hydrogens is 174 g/mol. The van der Waals surface area contributed by atoms with Gasteiger partial charge in [-0.25, -0.2) is 0 Å². The molecule has 0 aliphatic carbocycles. The van der Waals surface area contributed by atoms with Crippen LogP contribution in [0, 0.1) is 11.3 Å². The molecular formula is C11H23N3. The average molecular weight is 197 g/mol. The van der Waals surface area contributed by atoms with Crippen LogP contribution in [0.25, 0.3) is 0 Å². The minimum absolute atomic E-state index is 0.546. The van der Waals surface area contributed by atoms with Crippen molar-refractivity contribution >= 4 is 0 Å². The van der Waals surface area contributed by atoms with E-state index in [2.05, 4.69) is 37.1 Å². The second-order valence-electron chi connectivity index (χ2n) is 3.74. The molecule has 0 aliphatic rings. The van der Waals surface area contributed by atoms with E-state index < -0.39 is 0 Å². The Balaban J connectivity index is 3.58. The van der Waals surface area contributed by atoms with Gasteiger partial charge in [-0.1, -0.05) is 6.92 Å². The standard InChI is InChI=1S/C11H23N3/c1-4-13-8-6-10-14(11(2)3)9-5-7-12/h11,13H,4-6,8-10H2,1-3H3. The van der Waals surface area contributed by atoms with Gasteiger partial charge in [0.1, 0.15) is 0 Å². The number of hydrogen-bond acceptors (Lipinski definition) is 3. The Morgan fingerprint density at radius 3 is 2.57 bits per heavy atom. The molecule has 0 atom stereocenters. The third-order valence-corrected chi connectivity index (χ3v) is 2.29. The van der Waals surface area contributed by atoms with E-state index in [1.807, 2.05) is 0 Å². The van der Waals surface area contributed by atoms with Crippen molar-refractivity contribution in [3.63, 3.8) is 0 Å². The number of nitriles is 1. The van der Waals surface area contributed by atoms with E-state index >= 15 is 0 Å². The largest absolute Gasteiger partial charge is 0.317 e. The monoisotopic (exact) mass is 197 g/mol. The SMILES string of the molecule is CCNCCCN(CCC#N)C(C)C. The fraction of sp³-hybridized carbons (Fsp3) is 0.909. The highest BCUT2D eigenvalue weighted by Crippen LogP contribution is 2.00. The van der Waals surface area contributed by atoms with Crippen LogP contribution in [-0.2, 0) is 0 Å². The average Bonchev–Trinajstić information content (AvgIpc) is 2.16. The van der Waals surface area contributed by atoms with Crippen LogP contribution in [0.5, 0.6) is 0 Å². The molecule has 0 aromatic carbocycles. The summed E-state index contributed by atoms with van der Waals surface area (Å²) in [4.78, 5) is 2.36. The molecule has 3 nitrogen and oxygen atoms in total. The quantitative estimate of drug-likeness (QED) is 0.601. The molecule has 1 N–H and O–H groups in total. The van der Waals surface area contributed by atoms with Crippen LogP contribution in [0.15, 0.2) is 0 Å². The molecule has 0 radical (unpaired) electrons. The highest BCUT2D eigenvalue weighted by molar-refractivity contribution is 4.74. The predicted octanol–water partition coefficient (Wildman–Crippen LogP) is 1.61. The van der Waals surface area contributed by atoms with Crippen molar-refractivity contribution in [2.45, 2.75) is 39.7 Å². The lowest BCUT2D eigenvalue weighted by molar-refractivity contribution is 0.223. The van der Waals surface area contributed by atoms with Crippen molar-refractivity contribution in [3.8, 4) is 6.07 Å². The van der Waals surface area contributed by atoms with Gasteiger partial charge < -0.3 is 5.32 Å². The van der Waals surface area contributed by atoms with E-state index in [-0.39, 0.29) is 0 Å². The summed E-state index contributed by atoms with van der Waals surface area (Å²) in [6, 6.07) is 2.74. The van der Waals surface area contributed by atoms with E-state index in [1.54, 1.807) is 0 Å². The Morgan fingerprint density at radius 2 is 2.07 bits per heavy atom. The Bertz CT molecular complexity index is 160. The number of rotatable bonds is 8. The fourth-order valence-electron chi connectivity index (χ4n) is 1.41. The Morgan fingerprint density at radius 1 is 1.36 bits per heavy atom. The van der Waals surface area contributed by atoms with Gasteiger partial charge in [-0.3, -0.25) is 4.90 Å². The summed E-state index contributed by atoms with van der Waals surface area (Å²) in [7, 11) is 0. The van der Waals surface area contributed by atoms with Gasteiger partial charge in [0.2, 0.25) is 0 Å². The second-order valence-corrected chi connectivity index (χ2v) is 3.74. The van der Waals surface area contributed by atoms with Crippen molar-refractivity contribution in [1.82, 2.24) is 10.2 Å². The van der Waals surface area contributed by atoms with Gasteiger partial charge in [0, 0.05) is 19.0 Å². The first kappa shape index (κ1) is 13.4. The summed E-state index contributed by atoms with van der Waals surface area (Å²) < 4.78 is 0. The molecule has 0 aliphatic heterocycles. The molecule has 0 unspecified atom stereocenters. The minimum atomic E-state index is 0.546. The molecule has 14 heavy (non-hydrogen) atoms. The van der Waals surface area contributed by atoms with E-state index in [0.717, 1.165) is 32.6 Å². The summed E-state index contributed by atoms with van der Waals surface area (Å²) >= 11 is 0. The van der Waals surface area contributed by atoms with Crippen LogP contribution in [-0.4, -0.2) is 37.1 Å². The van der Waals surface area contributed by atoms with Crippen LogP contribution in [0.3, 0.4) is 0 Å². The third-order valence-electron chi connectivity index (χ3n) is 2.29. The Hall–Kier alpha value is -0.590. The molecule has 0 saturated heterocycles. The second kappa shape index (κ2) is 8.98. The molecule has 0 bridgehead atoms. The lowest BCUT2D eigenvalue weighted by Crippen LogP contribution is -2.34. The van der Waals surface area contributed by atoms with Crippen molar-refractivity contribution in [1.29, 1.82) is 5.26 Å². The third kappa shape index (κ3) is 6.88. The van der Waals surface area contributed by atoms with E-state index in [1.165, 1.54) is 0 Å². The Kier molecular flexibility index (Phi) is 8.61. The van der Waals surface area contributed by atoms with Gasteiger partial charge in [-0.2, -0.15) is 5.26 Å². The van der Waals surface area contributed by atoms with Crippen LogP contribution in [0.2, 0.25) is 0 Å². The minimum Gasteiger partial charge on any atom is -0.317 e. The maximum Gasteiger partial charge on any atom is 0.0635 e. The zero-order chi connectivity index (χ0) is 10.8. The van der Waals surface area contributed by atoms with Gasteiger partial charge in [0.15, 0.2) is 0 Å². The zero-order valence-electron chi connectivity index (χ0n) is 9.71. The van der Waals surface area contributed by atoms with Gasteiger partial charge in [0.25, 0.3) is 0 Å². The topological polar surface area (TPSA) is 39.1 Å². The molecule has 0 aromatic heterocycles. The predicted molar refractivity (Wildman–Crippen MR) is 60.1 cm³/mol. The molecule has 0 saturated carbocycles. The fourth-order valence-corrected chi connectivity index (χ4v) is 1.41. The lowest BCUT2D eigenvalue weighted by Gasteiger charge is -2.25. The molecule has 0 rings (SSSR count). The molecule has 0 heterocycles. The van der Waals surface area contributed by atoms with Crippen molar-refractivity contribution < 1.29 is 0 Å². The smallest absolute Gasteiger partial charge is 0.0635 e. The van der Waals surface area contributed by atoms with Crippen molar-refractivity contribution in [2.24, 2.45) is 0 Å². The van der Waals surface area contributed by atoms with Crippen LogP contribution >= 0.6 is 0 Å². The van der Waals surface area contributed by atoms with Crippen LogP contribution < -0.4 is 5.32 Å². The molecule has 3 heteroatoms. The summed E-state index contributed by atoms with van der Waals surface area (Å²) in [5.41, 5.74) is 0. The van der Waals surface area contributed by atoms with Crippen molar-refractivity contribution in [3.05, 3.63) is 0 Å². The lowest BCUT2D eigenvalue weighted by atomic mass is 10.2. The normalized spacial score (nSPS) is 10.9. The number of nitrogens with zero attached hydrogens (tertiary/aromatic N) is 2. The van der Waals surface area contributed by atoms with E-state index in [9.17, 15) is 0 Å². The summed E-state index contributed by atoms with van der Waals surface area (Å²) in [6.07, 6.45) is 1.80. The maximum absolute atomic E-state index is 8.52. The molecule has 0 amide bonds. The summed E-state index contributed by atoms with van der Waals surface area (Å²) in [5, 5.41) is 11.8. The first-order valence-corrected chi connectivity index (χ1v) is 5.54. The number of nitrogens with one attached hydrogen (secondary N) is 1. The first-order chi connectivity index (χ1) is 6.72. The molecule has 0 aromatic rings. The van der Waals surface area contributed by atoms with Crippen LogP contribution in [0.1, 0.15) is 33.6 Å². The highest BCUT2D eigenvalue weighted by atomic mass is 15.1. The van der Waals surface area contributed by atoms with E-state index in [4.69, 9.17) is 5.26 Å². The van der Waals surface area contributed by atoms with Gasteiger partial charge in [-0.15, -0.1) is 0 Å².